The van der Waals surface area contributed by atoms with E-state index in [1.807, 2.05) is 0 Å². The summed E-state index contributed by atoms with van der Waals surface area (Å²) in [6, 6.07) is 7.96. The van der Waals surface area contributed by atoms with Crippen molar-refractivity contribution in [1.82, 2.24) is 20.0 Å². The van der Waals surface area contributed by atoms with Crippen LogP contribution in [0.2, 0.25) is 0 Å². The minimum atomic E-state index is -1.39. The Morgan fingerprint density at radius 3 is 2.85 bits per heavy atom. The van der Waals surface area contributed by atoms with Crippen molar-refractivity contribution in [2.75, 3.05) is 25.2 Å². The monoisotopic (exact) mass is 540 g/mol. The summed E-state index contributed by atoms with van der Waals surface area (Å²) in [6.07, 6.45) is 1.96. The summed E-state index contributed by atoms with van der Waals surface area (Å²) >= 11 is 0. The fraction of sp³-hybridized carbons (Fsp3) is 0.360. The van der Waals surface area contributed by atoms with E-state index < -0.39 is 30.3 Å². The zero-order valence-corrected chi connectivity index (χ0v) is 20.8. The number of pyridine rings is 1. The Morgan fingerprint density at radius 1 is 1.28 bits per heavy atom. The van der Waals surface area contributed by atoms with Gasteiger partial charge in [-0.25, -0.2) is 18.7 Å². The van der Waals surface area contributed by atoms with Crippen LogP contribution in [0.4, 0.5) is 19.7 Å². The second-order valence-corrected chi connectivity index (χ2v) is 9.00. The van der Waals surface area contributed by atoms with Crippen LogP contribution in [0.25, 0.3) is 11.1 Å². The minimum Gasteiger partial charge on any atom is -0.450 e. The van der Waals surface area contributed by atoms with Crippen LogP contribution in [0.3, 0.4) is 0 Å². The molecular formula is C25H25FN6O7. The number of amides is 1. The molecule has 1 amide bonds. The number of rotatable bonds is 10. The van der Waals surface area contributed by atoms with Crippen LogP contribution >= 0.6 is 0 Å². The normalized spacial score (nSPS) is 19.4. The number of benzene rings is 1. The van der Waals surface area contributed by atoms with E-state index in [2.05, 4.69) is 20.5 Å². The Labute approximate surface area is 221 Å². The molecular weight excluding hydrogens is 515 g/mol. The molecule has 3 atom stereocenters. The van der Waals surface area contributed by atoms with Gasteiger partial charge in [0, 0.05) is 43.5 Å². The highest BCUT2D eigenvalue weighted by molar-refractivity contribution is 5.99. The van der Waals surface area contributed by atoms with Crippen molar-refractivity contribution >= 4 is 23.6 Å². The van der Waals surface area contributed by atoms with Gasteiger partial charge in [-0.15, -0.1) is 5.10 Å². The first kappa shape index (κ1) is 26.0. The van der Waals surface area contributed by atoms with Gasteiger partial charge >= 0.3 is 12.2 Å². The van der Waals surface area contributed by atoms with Gasteiger partial charge in [-0.2, -0.15) is 0 Å². The van der Waals surface area contributed by atoms with E-state index in [4.69, 9.17) is 24.2 Å². The van der Waals surface area contributed by atoms with Gasteiger partial charge in [-0.1, -0.05) is 16.4 Å². The molecule has 2 aromatic heterocycles. The SMILES string of the molecule is COCC(C[C@@H]1CC(c2ccc(-c3ccc(N4C[C@H](Cn5ccnn5)OC4=O)cc3F)cn2)=NO1)OC(=O)O. The largest absolute Gasteiger partial charge is 0.506 e. The lowest BCUT2D eigenvalue weighted by Gasteiger charge is -2.17. The molecule has 1 aromatic carbocycles. The van der Waals surface area contributed by atoms with E-state index in [1.165, 1.54) is 30.5 Å². The highest BCUT2D eigenvalue weighted by atomic mass is 19.1. The predicted molar refractivity (Wildman–Crippen MR) is 133 cm³/mol. The number of carbonyl (C=O) groups excluding carboxylic acids is 1. The number of aromatic nitrogens is 4. The third-order valence-electron chi connectivity index (χ3n) is 6.25. The maximum Gasteiger partial charge on any atom is 0.506 e. The molecule has 0 spiro atoms. The van der Waals surface area contributed by atoms with Crippen molar-refractivity contribution in [3.05, 3.63) is 60.4 Å². The maximum atomic E-state index is 15.1. The van der Waals surface area contributed by atoms with Crippen LogP contribution in [0.5, 0.6) is 0 Å². The first-order valence-corrected chi connectivity index (χ1v) is 12.1. The fourth-order valence-corrected chi connectivity index (χ4v) is 4.47. The average Bonchev–Trinajstić information content (AvgIpc) is 3.66. The van der Waals surface area contributed by atoms with Crippen molar-refractivity contribution < 1.29 is 38.1 Å². The molecule has 3 aromatic rings. The Morgan fingerprint density at radius 2 is 2.15 bits per heavy atom. The van der Waals surface area contributed by atoms with Crippen LogP contribution < -0.4 is 4.90 Å². The van der Waals surface area contributed by atoms with Crippen LogP contribution in [0.15, 0.2) is 54.1 Å². The van der Waals surface area contributed by atoms with Gasteiger partial charge in [0.2, 0.25) is 0 Å². The third kappa shape index (κ3) is 6.12. The van der Waals surface area contributed by atoms with E-state index >= 15 is 4.39 Å². The third-order valence-corrected chi connectivity index (χ3v) is 6.25. The number of ether oxygens (including phenoxy) is 3. The van der Waals surface area contributed by atoms with Crippen LogP contribution in [0.1, 0.15) is 18.5 Å². The quantitative estimate of drug-likeness (QED) is 0.380. The number of nitrogens with zero attached hydrogens (tertiary/aromatic N) is 6. The first-order valence-electron chi connectivity index (χ1n) is 12.1. The molecule has 1 unspecified atom stereocenters. The summed E-state index contributed by atoms with van der Waals surface area (Å²) in [5.41, 5.74) is 2.39. The van der Waals surface area contributed by atoms with Gasteiger partial charge in [0.1, 0.15) is 29.8 Å². The predicted octanol–water partition coefficient (Wildman–Crippen LogP) is 3.10. The zero-order valence-electron chi connectivity index (χ0n) is 20.8. The van der Waals surface area contributed by atoms with E-state index in [-0.39, 0.29) is 25.7 Å². The first-order chi connectivity index (χ1) is 18.9. The Balaban J connectivity index is 1.21. The average molecular weight is 541 g/mol. The summed E-state index contributed by atoms with van der Waals surface area (Å²) < 4.78 is 31.9. The van der Waals surface area contributed by atoms with Crippen molar-refractivity contribution in [3.63, 3.8) is 0 Å². The van der Waals surface area contributed by atoms with Gasteiger partial charge < -0.3 is 24.2 Å². The topological polar surface area (TPSA) is 150 Å². The van der Waals surface area contributed by atoms with Gasteiger partial charge in [0.15, 0.2) is 0 Å². The van der Waals surface area contributed by atoms with Gasteiger partial charge in [-0.3, -0.25) is 9.88 Å². The number of hydrogen-bond donors (Lipinski definition) is 1. The smallest absolute Gasteiger partial charge is 0.450 e. The zero-order chi connectivity index (χ0) is 27.4. The Hall–Kier alpha value is -4.59. The molecule has 204 valence electrons. The van der Waals surface area contributed by atoms with E-state index in [0.717, 1.165) is 0 Å². The molecule has 4 heterocycles. The summed E-state index contributed by atoms with van der Waals surface area (Å²) in [4.78, 5) is 34.5. The van der Waals surface area contributed by atoms with E-state index in [0.29, 0.717) is 41.2 Å². The maximum absolute atomic E-state index is 15.1. The van der Waals surface area contributed by atoms with Gasteiger partial charge in [0.25, 0.3) is 0 Å². The van der Waals surface area contributed by atoms with Crippen LogP contribution in [0, 0.1) is 5.82 Å². The second-order valence-electron chi connectivity index (χ2n) is 9.00. The molecule has 5 rings (SSSR count). The highest BCUT2D eigenvalue weighted by Gasteiger charge is 2.33. The summed E-state index contributed by atoms with van der Waals surface area (Å²) in [6.45, 7) is 0.705. The molecule has 14 heteroatoms. The molecule has 0 bridgehead atoms. The van der Waals surface area contributed by atoms with E-state index in [9.17, 15) is 9.59 Å². The van der Waals surface area contributed by atoms with Crippen molar-refractivity contribution in [2.45, 2.75) is 37.7 Å². The number of halogens is 1. The summed E-state index contributed by atoms with van der Waals surface area (Å²) in [7, 11) is 1.45. The molecule has 1 fully saturated rings. The molecule has 2 aliphatic rings. The lowest BCUT2D eigenvalue weighted by atomic mass is 10.0. The molecule has 1 N–H and O–H groups in total. The molecule has 13 nitrogen and oxygen atoms in total. The number of oxime groups is 1. The molecule has 0 radical (unpaired) electrons. The number of hydrogen-bond acceptors (Lipinski definition) is 10. The molecule has 0 aliphatic carbocycles. The number of carbonyl (C=O) groups is 2. The van der Waals surface area contributed by atoms with Gasteiger partial charge in [-0.05, 0) is 24.3 Å². The van der Waals surface area contributed by atoms with E-state index in [1.54, 1.807) is 35.1 Å². The Bertz CT molecular complexity index is 1350. The number of carboxylic acid groups (broad SMARTS) is 1. The number of methoxy groups -OCH3 is 1. The molecule has 2 aliphatic heterocycles. The lowest BCUT2D eigenvalue weighted by molar-refractivity contribution is -0.0220. The summed E-state index contributed by atoms with van der Waals surface area (Å²) in [5.74, 6) is -0.515. The molecule has 0 saturated carbocycles. The number of anilines is 1. The lowest BCUT2D eigenvalue weighted by Crippen LogP contribution is -2.27. The second kappa shape index (κ2) is 11.4. The van der Waals surface area contributed by atoms with Crippen molar-refractivity contribution in [2.24, 2.45) is 5.16 Å². The van der Waals surface area contributed by atoms with Crippen LogP contribution in [-0.4, -0.2) is 81.6 Å². The highest BCUT2D eigenvalue weighted by Crippen LogP contribution is 2.30. The number of cyclic esters (lactones) is 1. The minimum absolute atomic E-state index is 0.0985. The van der Waals surface area contributed by atoms with Gasteiger partial charge in [0.05, 0.1) is 37.3 Å². The molecule has 1 saturated heterocycles. The standard InChI is InChI=1S/C25H25FN6O7/c1-36-14-18(38-25(34)35)9-17-10-23(29-39-17)22-5-2-15(11-27-22)20-4-3-16(8-21(20)26)32-13-19(37-24(32)33)12-31-7-6-28-30-31/h2-8,11,17-19H,9-10,12-14H2,1H3,(H,34,35)/t17-,18?,19+/m1/s1. The molecule has 39 heavy (non-hydrogen) atoms. The fourth-order valence-electron chi connectivity index (χ4n) is 4.47. The van der Waals surface area contributed by atoms with Crippen molar-refractivity contribution in [1.29, 1.82) is 0 Å². The van der Waals surface area contributed by atoms with Crippen molar-refractivity contribution in [3.8, 4) is 11.1 Å². The Kier molecular flexibility index (Phi) is 7.63. The summed E-state index contributed by atoms with van der Waals surface area (Å²) in [5, 5.41) is 20.6. The van der Waals surface area contributed by atoms with Crippen LogP contribution in [-0.2, 0) is 25.6 Å².